The number of likely N-dealkylation sites (tertiary alicyclic amines) is 1. The summed E-state index contributed by atoms with van der Waals surface area (Å²) in [5.41, 5.74) is 1.44. The fourth-order valence-corrected chi connectivity index (χ4v) is 4.30. The summed E-state index contributed by atoms with van der Waals surface area (Å²) >= 11 is 1.78. The highest BCUT2D eigenvalue weighted by molar-refractivity contribution is 14.0. The van der Waals surface area contributed by atoms with Crippen LogP contribution < -0.4 is 10.6 Å². The quantitative estimate of drug-likeness (QED) is 0.238. The molecule has 2 N–H and O–H groups in total. The summed E-state index contributed by atoms with van der Waals surface area (Å²) in [5, 5.41) is 11.4. The Morgan fingerprint density at radius 1 is 1.29 bits per heavy atom. The van der Waals surface area contributed by atoms with Crippen LogP contribution in [0.3, 0.4) is 0 Å². The Hall–Kier alpha value is -0.420. The number of nitrogens with one attached hydrogen (secondary N) is 2. The molecule has 1 aromatic rings. The van der Waals surface area contributed by atoms with Crippen LogP contribution in [0.25, 0.3) is 0 Å². The second kappa shape index (κ2) is 13.7. The van der Waals surface area contributed by atoms with Crippen molar-refractivity contribution < 1.29 is 9.47 Å². The maximum Gasteiger partial charge on any atom is 0.191 e. The summed E-state index contributed by atoms with van der Waals surface area (Å²) < 4.78 is 11.3. The molecule has 0 radical (unpaired) electrons. The van der Waals surface area contributed by atoms with Crippen LogP contribution in [0.5, 0.6) is 0 Å². The highest BCUT2D eigenvalue weighted by atomic mass is 127. The van der Waals surface area contributed by atoms with E-state index in [0.29, 0.717) is 12.1 Å². The number of hydrogen-bond acceptors (Lipinski definition) is 5. The molecule has 28 heavy (non-hydrogen) atoms. The van der Waals surface area contributed by atoms with Gasteiger partial charge in [-0.2, -0.15) is 11.3 Å². The average Bonchev–Trinajstić information content (AvgIpc) is 3.22. The predicted octanol–water partition coefficient (Wildman–Crippen LogP) is 3.08. The number of nitrogens with zero attached hydrogens (tertiary/aromatic N) is 2. The van der Waals surface area contributed by atoms with Crippen molar-refractivity contribution in [3.8, 4) is 0 Å². The molecule has 0 amide bonds. The first-order chi connectivity index (χ1) is 13.3. The minimum Gasteiger partial charge on any atom is -0.381 e. The Bertz CT molecular complexity index is 544. The third kappa shape index (κ3) is 8.52. The average molecular weight is 522 g/mol. The lowest BCUT2D eigenvalue weighted by Crippen LogP contribution is -2.48. The number of rotatable bonds is 8. The van der Waals surface area contributed by atoms with Gasteiger partial charge in [-0.1, -0.05) is 0 Å². The molecule has 2 fully saturated rings. The monoisotopic (exact) mass is 522 g/mol. The van der Waals surface area contributed by atoms with Crippen LogP contribution in [-0.2, 0) is 16.0 Å². The molecule has 0 spiro atoms. The Balaban J connectivity index is 0.00000280. The number of aliphatic imine (C=N–C) groups is 1. The van der Waals surface area contributed by atoms with Crippen molar-refractivity contribution >= 4 is 41.3 Å². The molecule has 8 heteroatoms. The van der Waals surface area contributed by atoms with E-state index >= 15 is 0 Å². The lowest BCUT2D eigenvalue weighted by molar-refractivity contribution is -0.0320. The van der Waals surface area contributed by atoms with Crippen LogP contribution in [0.1, 0.15) is 37.7 Å². The van der Waals surface area contributed by atoms with Crippen LogP contribution in [0.15, 0.2) is 21.8 Å². The van der Waals surface area contributed by atoms with Crippen molar-refractivity contribution in [3.63, 3.8) is 0 Å². The predicted molar refractivity (Wildman–Crippen MR) is 127 cm³/mol. The van der Waals surface area contributed by atoms with E-state index in [1.165, 1.54) is 5.56 Å². The molecule has 3 rings (SSSR count). The maximum atomic E-state index is 5.92. The maximum absolute atomic E-state index is 5.92. The van der Waals surface area contributed by atoms with Gasteiger partial charge in [-0.25, -0.2) is 0 Å². The van der Waals surface area contributed by atoms with Crippen molar-refractivity contribution in [1.29, 1.82) is 0 Å². The van der Waals surface area contributed by atoms with Crippen LogP contribution >= 0.6 is 35.3 Å². The van der Waals surface area contributed by atoms with Crippen molar-refractivity contribution in [3.05, 3.63) is 22.4 Å². The summed E-state index contributed by atoms with van der Waals surface area (Å²) in [6.45, 7) is 6.73. The van der Waals surface area contributed by atoms with Gasteiger partial charge in [0, 0.05) is 59.1 Å². The van der Waals surface area contributed by atoms with E-state index in [0.717, 1.165) is 84.1 Å². The molecular formula is C20H35IN4O2S. The zero-order chi connectivity index (χ0) is 18.7. The Kier molecular flexibility index (Phi) is 11.7. The first-order valence-electron chi connectivity index (χ1n) is 10.2. The number of hydrogen-bond donors (Lipinski definition) is 2. The van der Waals surface area contributed by atoms with E-state index < -0.39 is 0 Å². The van der Waals surface area contributed by atoms with Crippen molar-refractivity contribution in [1.82, 2.24) is 15.5 Å². The van der Waals surface area contributed by atoms with Gasteiger partial charge in [0.15, 0.2) is 5.96 Å². The minimum absolute atomic E-state index is 0. The van der Waals surface area contributed by atoms with Gasteiger partial charge in [0.25, 0.3) is 0 Å². The topological polar surface area (TPSA) is 58.1 Å². The van der Waals surface area contributed by atoms with Gasteiger partial charge in [-0.05, 0) is 54.5 Å². The van der Waals surface area contributed by atoms with E-state index in [1.54, 1.807) is 11.3 Å². The van der Waals surface area contributed by atoms with Crippen LogP contribution in [0.2, 0.25) is 0 Å². The van der Waals surface area contributed by atoms with Crippen molar-refractivity contribution in [2.45, 2.75) is 50.8 Å². The minimum atomic E-state index is 0. The molecule has 2 aliphatic heterocycles. The molecule has 0 unspecified atom stereocenters. The molecule has 0 bridgehead atoms. The largest absolute Gasteiger partial charge is 0.381 e. The summed E-state index contributed by atoms with van der Waals surface area (Å²) in [6, 6.07) is 2.74. The number of ether oxygens (including phenoxy) is 2. The fourth-order valence-electron chi connectivity index (χ4n) is 3.64. The van der Waals surface area contributed by atoms with Gasteiger partial charge in [0.1, 0.15) is 0 Å². The van der Waals surface area contributed by atoms with Crippen LogP contribution in [0.4, 0.5) is 0 Å². The molecule has 0 saturated carbocycles. The first kappa shape index (κ1) is 23.9. The molecule has 0 aromatic carbocycles. The summed E-state index contributed by atoms with van der Waals surface area (Å²) in [6.07, 6.45) is 5.77. The molecule has 6 nitrogen and oxygen atoms in total. The second-order valence-electron chi connectivity index (χ2n) is 7.36. The summed E-state index contributed by atoms with van der Waals surface area (Å²) in [7, 11) is 1.85. The van der Waals surface area contributed by atoms with Crippen LogP contribution in [0, 0.1) is 0 Å². The lowest BCUT2D eigenvalue weighted by Gasteiger charge is -2.33. The molecule has 1 aromatic heterocycles. The van der Waals surface area contributed by atoms with Gasteiger partial charge >= 0.3 is 0 Å². The van der Waals surface area contributed by atoms with Crippen LogP contribution in [-0.4, -0.2) is 69.5 Å². The number of piperidine rings is 1. The summed E-state index contributed by atoms with van der Waals surface area (Å²) in [5.74, 6) is 0.914. The molecule has 0 aliphatic carbocycles. The standard InChI is InChI=1S/C20H34N4O2S.HI/c1-21-20(22-8-2-11-26-19-5-12-25-13-6-19)23-18-3-9-24(10-4-18)15-17-7-14-27-16-17;/h7,14,16,18-19H,2-6,8-13,15H2,1H3,(H2,21,22,23);1H. The second-order valence-corrected chi connectivity index (χ2v) is 8.14. The zero-order valence-electron chi connectivity index (χ0n) is 16.9. The van der Waals surface area contributed by atoms with Gasteiger partial charge in [-0.15, -0.1) is 24.0 Å². The molecule has 2 saturated heterocycles. The van der Waals surface area contributed by atoms with Gasteiger partial charge < -0.3 is 20.1 Å². The third-order valence-electron chi connectivity index (χ3n) is 5.27. The highest BCUT2D eigenvalue weighted by Crippen LogP contribution is 2.15. The Labute approximate surface area is 190 Å². The van der Waals surface area contributed by atoms with E-state index in [9.17, 15) is 0 Å². The number of guanidine groups is 1. The third-order valence-corrected chi connectivity index (χ3v) is 6.01. The molecule has 0 atom stereocenters. The smallest absolute Gasteiger partial charge is 0.191 e. The van der Waals surface area contributed by atoms with E-state index in [-0.39, 0.29) is 24.0 Å². The molecular weight excluding hydrogens is 487 g/mol. The van der Waals surface area contributed by atoms with E-state index in [2.05, 4.69) is 37.4 Å². The summed E-state index contributed by atoms with van der Waals surface area (Å²) in [4.78, 5) is 6.92. The molecule has 2 aliphatic rings. The zero-order valence-corrected chi connectivity index (χ0v) is 20.0. The Morgan fingerprint density at radius 2 is 2.07 bits per heavy atom. The van der Waals surface area contributed by atoms with Gasteiger partial charge in [-0.3, -0.25) is 9.89 Å². The SMILES string of the molecule is CN=C(NCCCOC1CCOCC1)NC1CCN(Cc2ccsc2)CC1.I. The lowest BCUT2D eigenvalue weighted by atomic mass is 10.0. The van der Waals surface area contributed by atoms with Gasteiger partial charge in [0.2, 0.25) is 0 Å². The fraction of sp³-hybridized carbons (Fsp3) is 0.750. The molecule has 160 valence electrons. The van der Waals surface area contributed by atoms with Crippen molar-refractivity contribution in [2.24, 2.45) is 4.99 Å². The number of halogens is 1. The number of thiophene rings is 1. The molecule has 3 heterocycles. The van der Waals surface area contributed by atoms with Crippen molar-refractivity contribution in [2.75, 3.05) is 46.5 Å². The van der Waals surface area contributed by atoms with E-state index in [1.807, 2.05) is 7.05 Å². The normalized spacial score (nSPS) is 20.0. The Morgan fingerprint density at radius 3 is 2.75 bits per heavy atom. The first-order valence-corrected chi connectivity index (χ1v) is 11.2. The highest BCUT2D eigenvalue weighted by Gasteiger charge is 2.20. The van der Waals surface area contributed by atoms with Gasteiger partial charge in [0.05, 0.1) is 6.10 Å². The van der Waals surface area contributed by atoms with E-state index in [4.69, 9.17) is 9.47 Å².